The van der Waals surface area contributed by atoms with Gasteiger partial charge < -0.3 is 0 Å². The molecule has 0 saturated carbocycles. The number of pyridine rings is 1. The Morgan fingerprint density at radius 2 is 2.15 bits per heavy atom. The zero-order valence-electron chi connectivity index (χ0n) is 8.12. The highest BCUT2D eigenvalue weighted by Gasteiger charge is 2.15. The number of nitrogens with zero attached hydrogens (tertiary/aromatic N) is 1. The molecule has 0 radical (unpaired) electrons. The molecule has 0 spiro atoms. The van der Waals surface area contributed by atoms with Gasteiger partial charge in [0.25, 0.3) is 0 Å². The molecule has 0 unspecified atom stereocenters. The fourth-order valence-corrected chi connectivity index (χ4v) is 1.76. The Bertz CT molecular complexity index is 386. The molecule has 1 heteroatoms. The Morgan fingerprint density at radius 3 is 2.77 bits per heavy atom. The van der Waals surface area contributed by atoms with E-state index in [1.807, 2.05) is 0 Å². The molecule has 1 aromatic rings. The van der Waals surface area contributed by atoms with E-state index in [0.29, 0.717) is 0 Å². The minimum atomic E-state index is 1.07. The van der Waals surface area contributed by atoms with Crippen LogP contribution < -0.4 is 4.57 Å². The first-order valence-corrected chi connectivity index (χ1v) is 4.60. The molecule has 0 saturated heterocycles. The molecule has 0 N–H and O–H groups in total. The van der Waals surface area contributed by atoms with Gasteiger partial charge in [-0.3, -0.25) is 0 Å². The van der Waals surface area contributed by atoms with Crippen LogP contribution in [0.5, 0.6) is 0 Å². The van der Waals surface area contributed by atoms with E-state index in [1.165, 1.54) is 16.8 Å². The SMILES string of the molecule is CC1=C(c2cccc[n+]2C)CC=C1. The second-order valence-electron chi connectivity index (χ2n) is 3.46. The highest BCUT2D eigenvalue weighted by molar-refractivity contribution is 5.70. The predicted molar refractivity (Wildman–Crippen MR) is 54.0 cm³/mol. The lowest BCUT2D eigenvalue weighted by Gasteiger charge is -2.01. The first kappa shape index (κ1) is 8.24. The molecule has 66 valence electrons. The van der Waals surface area contributed by atoms with Crippen molar-refractivity contribution in [3.63, 3.8) is 0 Å². The Kier molecular flexibility index (Phi) is 2.01. The molecule has 0 fully saturated rings. The van der Waals surface area contributed by atoms with Crippen molar-refractivity contribution < 1.29 is 4.57 Å². The molecular weight excluding hydrogens is 158 g/mol. The Balaban J connectivity index is 2.48. The Morgan fingerprint density at radius 1 is 1.31 bits per heavy atom. The lowest BCUT2D eigenvalue weighted by atomic mass is 10.1. The minimum Gasteiger partial charge on any atom is -0.201 e. The van der Waals surface area contributed by atoms with Crippen molar-refractivity contribution in [1.29, 1.82) is 0 Å². The van der Waals surface area contributed by atoms with E-state index in [9.17, 15) is 0 Å². The molecule has 1 aliphatic rings. The Labute approximate surface area is 79.0 Å². The molecule has 0 amide bonds. The fraction of sp³-hybridized carbons (Fsp3) is 0.250. The van der Waals surface area contributed by atoms with E-state index in [1.54, 1.807) is 0 Å². The van der Waals surface area contributed by atoms with Crippen LogP contribution in [0, 0.1) is 0 Å². The molecule has 2 rings (SSSR count). The number of rotatable bonds is 1. The van der Waals surface area contributed by atoms with Gasteiger partial charge >= 0.3 is 0 Å². The highest BCUT2D eigenvalue weighted by Crippen LogP contribution is 2.25. The summed E-state index contributed by atoms with van der Waals surface area (Å²) in [5.41, 5.74) is 4.16. The third kappa shape index (κ3) is 1.42. The predicted octanol–water partition coefficient (Wildman–Crippen LogP) is 2.24. The average Bonchev–Trinajstić information content (AvgIpc) is 2.52. The summed E-state index contributed by atoms with van der Waals surface area (Å²) in [6, 6.07) is 6.32. The summed E-state index contributed by atoms with van der Waals surface area (Å²) >= 11 is 0. The van der Waals surface area contributed by atoms with E-state index < -0.39 is 0 Å². The number of hydrogen-bond acceptors (Lipinski definition) is 0. The number of aromatic nitrogens is 1. The van der Waals surface area contributed by atoms with Crippen LogP contribution in [0.15, 0.2) is 42.1 Å². The molecule has 0 aliphatic heterocycles. The molecule has 1 aliphatic carbocycles. The van der Waals surface area contributed by atoms with Crippen LogP contribution in [0.4, 0.5) is 0 Å². The number of allylic oxidation sites excluding steroid dienone is 4. The zero-order valence-corrected chi connectivity index (χ0v) is 8.12. The molecule has 13 heavy (non-hydrogen) atoms. The summed E-state index contributed by atoms with van der Waals surface area (Å²) in [5, 5.41) is 0. The van der Waals surface area contributed by atoms with Crippen LogP contribution in [0.1, 0.15) is 19.0 Å². The van der Waals surface area contributed by atoms with Gasteiger partial charge in [0, 0.05) is 17.7 Å². The second kappa shape index (κ2) is 3.17. The summed E-state index contributed by atoms with van der Waals surface area (Å²) in [6.07, 6.45) is 7.58. The van der Waals surface area contributed by atoms with Crippen molar-refractivity contribution in [3.05, 3.63) is 47.8 Å². The van der Waals surface area contributed by atoms with Gasteiger partial charge in [-0.1, -0.05) is 12.2 Å². The third-order valence-corrected chi connectivity index (χ3v) is 2.53. The van der Waals surface area contributed by atoms with Gasteiger partial charge in [0.1, 0.15) is 7.05 Å². The first-order chi connectivity index (χ1) is 6.29. The summed E-state index contributed by atoms with van der Waals surface area (Å²) in [7, 11) is 2.09. The van der Waals surface area contributed by atoms with Crippen molar-refractivity contribution in [2.24, 2.45) is 7.05 Å². The molecule has 1 nitrogen and oxygen atoms in total. The van der Waals surface area contributed by atoms with Crippen molar-refractivity contribution in [2.75, 3.05) is 0 Å². The van der Waals surface area contributed by atoms with Crippen LogP contribution in [0.2, 0.25) is 0 Å². The minimum absolute atomic E-state index is 1.07. The highest BCUT2D eigenvalue weighted by atomic mass is 14.9. The maximum absolute atomic E-state index is 2.22. The number of hydrogen-bond donors (Lipinski definition) is 0. The van der Waals surface area contributed by atoms with E-state index >= 15 is 0 Å². The van der Waals surface area contributed by atoms with Gasteiger partial charge in [0.15, 0.2) is 6.20 Å². The second-order valence-corrected chi connectivity index (χ2v) is 3.46. The van der Waals surface area contributed by atoms with Crippen molar-refractivity contribution in [3.8, 4) is 0 Å². The van der Waals surface area contributed by atoms with Crippen LogP contribution in [-0.2, 0) is 7.05 Å². The van der Waals surface area contributed by atoms with Gasteiger partial charge in [0.2, 0.25) is 5.69 Å². The lowest BCUT2D eigenvalue weighted by Crippen LogP contribution is -2.32. The molecule has 0 aromatic carbocycles. The lowest BCUT2D eigenvalue weighted by molar-refractivity contribution is -0.673. The van der Waals surface area contributed by atoms with Crippen molar-refractivity contribution in [1.82, 2.24) is 0 Å². The van der Waals surface area contributed by atoms with Gasteiger partial charge in [-0.05, 0) is 25.0 Å². The van der Waals surface area contributed by atoms with Crippen LogP contribution >= 0.6 is 0 Å². The summed E-state index contributed by atoms with van der Waals surface area (Å²) < 4.78 is 2.17. The average molecular weight is 172 g/mol. The third-order valence-electron chi connectivity index (χ3n) is 2.53. The van der Waals surface area contributed by atoms with Gasteiger partial charge in [-0.2, -0.15) is 0 Å². The van der Waals surface area contributed by atoms with Gasteiger partial charge in [-0.15, -0.1) is 0 Å². The molecular formula is C12H14N+. The molecule has 0 bridgehead atoms. The Hall–Kier alpha value is -1.37. The molecule has 1 heterocycles. The van der Waals surface area contributed by atoms with Crippen molar-refractivity contribution in [2.45, 2.75) is 13.3 Å². The summed E-state index contributed by atoms with van der Waals surface area (Å²) in [5.74, 6) is 0. The van der Waals surface area contributed by atoms with Crippen LogP contribution in [-0.4, -0.2) is 0 Å². The summed E-state index contributed by atoms with van der Waals surface area (Å²) in [4.78, 5) is 0. The quantitative estimate of drug-likeness (QED) is 0.572. The van der Waals surface area contributed by atoms with E-state index in [-0.39, 0.29) is 0 Å². The van der Waals surface area contributed by atoms with Crippen LogP contribution in [0.3, 0.4) is 0 Å². The first-order valence-electron chi connectivity index (χ1n) is 4.60. The maximum atomic E-state index is 2.22. The summed E-state index contributed by atoms with van der Waals surface area (Å²) in [6.45, 7) is 2.17. The zero-order chi connectivity index (χ0) is 9.26. The molecule has 0 atom stereocenters. The van der Waals surface area contributed by atoms with Gasteiger partial charge in [0.05, 0.1) is 0 Å². The van der Waals surface area contributed by atoms with E-state index in [4.69, 9.17) is 0 Å². The maximum Gasteiger partial charge on any atom is 0.208 e. The van der Waals surface area contributed by atoms with E-state index in [0.717, 1.165) is 6.42 Å². The normalized spacial score (nSPS) is 15.5. The van der Waals surface area contributed by atoms with Crippen LogP contribution in [0.25, 0.3) is 5.57 Å². The molecule has 1 aromatic heterocycles. The standard InChI is InChI=1S/C12H14N/c1-10-6-5-7-11(10)12-8-3-4-9-13(12)2/h3-6,8-9H,7H2,1-2H3/q+1. The van der Waals surface area contributed by atoms with E-state index in [2.05, 4.69) is 55.1 Å². The van der Waals surface area contributed by atoms with Gasteiger partial charge in [-0.25, -0.2) is 4.57 Å². The fourth-order valence-electron chi connectivity index (χ4n) is 1.76. The number of aryl methyl sites for hydroxylation is 1. The van der Waals surface area contributed by atoms with Crippen molar-refractivity contribution >= 4 is 5.57 Å². The monoisotopic (exact) mass is 172 g/mol. The smallest absolute Gasteiger partial charge is 0.201 e. The largest absolute Gasteiger partial charge is 0.208 e. The topological polar surface area (TPSA) is 3.88 Å².